The lowest BCUT2D eigenvalue weighted by Crippen LogP contribution is -2.42. The standard InChI is InChI=1S/C13H20N2O4/c1-5-19-11-8-6-7-10(12(11)15(17)18)14-13(3,4)9(2)16/h6-9,14,16H,5H2,1-4H3. The summed E-state index contributed by atoms with van der Waals surface area (Å²) in [6.45, 7) is 7.29. The van der Waals surface area contributed by atoms with Crippen LogP contribution in [0.5, 0.6) is 5.75 Å². The molecule has 0 radical (unpaired) electrons. The molecule has 0 heterocycles. The lowest BCUT2D eigenvalue weighted by atomic mass is 9.98. The maximum absolute atomic E-state index is 11.2. The number of aliphatic hydroxyl groups is 1. The first-order chi connectivity index (χ1) is 8.79. The minimum Gasteiger partial charge on any atom is -0.487 e. The molecule has 1 aromatic carbocycles. The first-order valence-electron chi connectivity index (χ1n) is 6.16. The first-order valence-corrected chi connectivity index (χ1v) is 6.16. The van der Waals surface area contributed by atoms with E-state index in [9.17, 15) is 15.2 Å². The molecule has 1 unspecified atom stereocenters. The lowest BCUT2D eigenvalue weighted by molar-refractivity contribution is -0.385. The van der Waals surface area contributed by atoms with Crippen LogP contribution in [0.15, 0.2) is 18.2 Å². The van der Waals surface area contributed by atoms with Crippen LogP contribution in [0.25, 0.3) is 0 Å². The van der Waals surface area contributed by atoms with Crippen molar-refractivity contribution < 1.29 is 14.8 Å². The summed E-state index contributed by atoms with van der Waals surface area (Å²) in [6, 6.07) is 4.84. The highest BCUT2D eigenvalue weighted by Gasteiger charge is 2.29. The molecule has 0 saturated carbocycles. The minimum atomic E-state index is -0.685. The first kappa shape index (κ1) is 15.2. The summed E-state index contributed by atoms with van der Waals surface area (Å²) in [7, 11) is 0. The fourth-order valence-electron chi connectivity index (χ4n) is 1.54. The number of anilines is 1. The van der Waals surface area contributed by atoms with E-state index in [1.165, 1.54) is 0 Å². The second-order valence-electron chi connectivity index (χ2n) is 4.87. The van der Waals surface area contributed by atoms with E-state index in [0.29, 0.717) is 12.3 Å². The molecule has 0 aliphatic carbocycles. The van der Waals surface area contributed by atoms with Crippen LogP contribution in [0.3, 0.4) is 0 Å². The molecule has 0 aliphatic heterocycles. The van der Waals surface area contributed by atoms with Gasteiger partial charge in [-0.05, 0) is 39.8 Å². The Morgan fingerprint density at radius 3 is 2.63 bits per heavy atom. The van der Waals surface area contributed by atoms with E-state index >= 15 is 0 Å². The Kier molecular flexibility index (Phi) is 4.72. The van der Waals surface area contributed by atoms with Crippen molar-refractivity contribution in [3.05, 3.63) is 28.3 Å². The topological polar surface area (TPSA) is 84.6 Å². The molecule has 0 saturated heterocycles. The number of hydrogen-bond donors (Lipinski definition) is 2. The van der Waals surface area contributed by atoms with Crippen molar-refractivity contribution in [1.82, 2.24) is 0 Å². The van der Waals surface area contributed by atoms with Gasteiger partial charge in [-0.2, -0.15) is 0 Å². The van der Waals surface area contributed by atoms with Gasteiger partial charge in [0.25, 0.3) is 0 Å². The molecule has 6 nitrogen and oxygen atoms in total. The fraction of sp³-hybridized carbons (Fsp3) is 0.538. The molecule has 0 aliphatic rings. The maximum Gasteiger partial charge on any atom is 0.333 e. The Morgan fingerprint density at radius 1 is 1.53 bits per heavy atom. The third kappa shape index (κ3) is 3.57. The van der Waals surface area contributed by atoms with Gasteiger partial charge in [-0.25, -0.2) is 0 Å². The van der Waals surface area contributed by atoms with Gasteiger partial charge in [0, 0.05) is 0 Å². The van der Waals surface area contributed by atoms with Crippen LogP contribution in [0.2, 0.25) is 0 Å². The minimum absolute atomic E-state index is 0.113. The molecule has 106 valence electrons. The van der Waals surface area contributed by atoms with Crippen LogP contribution < -0.4 is 10.1 Å². The number of hydrogen-bond acceptors (Lipinski definition) is 5. The maximum atomic E-state index is 11.2. The van der Waals surface area contributed by atoms with Gasteiger partial charge < -0.3 is 15.2 Å². The Bertz CT molecular complexity index is 458. The average molecular weight is 268 g/mol. The summed E-state index contributed by atoms with van der Waals surface area (Å²) in [5.41, 5.74) is -0.463. The van der Waals surface area contributed by atoms with Gasteiger partial charge in [-0.1, -0.05) is 6.07 Å². The second-order valence-corrected chi connectivity index (χ2v) is 4.87. The van der Waals surface area contributed by atoms with Crippen LogP contribution in [-0.2, 0) is 0 Å². The normalized spacial score (nSPS) is 12.9. The van der Waals surface area contributed by atoms with Crippen molar-refractivity contribution in [1.29, 1.82) is 0 Å². The Hall–Kier alpha value is -1.82. The van der Waals surface area contributed by atoms with Crippen LogP contribution in [-0.4, -0.2) is 28.3 Å². The number of ether oxygens (including phenoxy) is 1. The molecule has 1 atom stereocenters. The van der Waals surface area contributed by atoms with Gasteiger partial charge in [0.15, 0.2) is 5.75 Å². The molecule has 0 fully saturated rings. The summed E-state index contributed by atoms with van der Waals surface area (Å²) >= 11 is 0. The number of aliphatic hydroxyl groups excluding tert-OH is 1. The number of benzene rings is 1. The predicted molar refractivity (Wildman–Crippen MR) is 73.6 cm³/mol. The highest BCUT2D eigenvalue weighted by Crippen LogP contribution is 2.36. The molecular weight excluding hydrogens is 248 g/mol. The summed E-state index contributed by atoms with van der Waals surface area (Å²) in [5.74, 6) is 0.221. The summed E-state index contributed by atoms with van der Waals surface area (Å²) < 4.78 is 5.27. The molecular formula is C13H20N2O4. The molecule has 0 bridgehead atoms. The van der Waals surface area contributed by atoms with Gasteiger partial charge in [0.05, 0.1) is 23.2 Å². The number of nitro groups is 1. The third-order valence-corrected chi connectivity index (χ3v) is 2.98. The summed E-state index contributed by atoms with van der Waals surface area (Å²) in [4.78, 5) is 10.7. The highest BCUT2D eigenvalue weighted by atomic mass is 16.6. The van der Waals surface area contributed by atoms with Crippen molar-refractivity contribution in [2.75, 3.05) is 11.9 Å². The smallest absolute Gasteiger partial charge is 0.333 e. The largest absolute Gasteiger partial charge is 0.487 e. The lowest BCUT2D eigenvalue weighted by Gasteiger charge is -2.30. The van der Waals surface area contributed by atoms with Gasteiger partial charge in [-0.15, -0.1) is 0 Å². The zero-order valence-electron chi connectivity index (χ0n) is 11.6. The summed E-state index contributed by atoms with van der Waals surface area (Å²) in [6.07, 6.45) is -0.664. The number of nitrogens with zero attached hydrogens (tertiary/aromatic N) is 1. The fourth-order valence-corrected chi connectivity index (χ4v) is 1.54. The van der Waals surface area contributed by atoms with Crippen LogP contribution >= 0.6 is 0 Å². The van der Waals surface area contributed by atoms with Crippen molar-refractivity contribution in [2.45, 2.75) is 39.3 Å². The average Bonchev–Trinajstić information content (AvgIpc) is 2.28. The van der Waals surface area contributed by atoms with E-state index in [4.69, 9.17) is 4.74 Å². The Morgan fingerprint density at radius 2 is 2.16 bits per heavy atom. The molecule has 6 heteroatoms. The number of para-hydroxylation sites is 1. The molecule has 19 heavy (non-hydrogen) atoms. The second kappa shape index (κ2) is 5.88. The van der Waals surface area contributed by atoms with E-state index in [1.807, 2.05) is 0 Å². The molecule has 0 amide bonds. The van der Waals surface area contributed by atoms with Crippen molar-refractivity contribution >= 4 is 11.4 Å². The number of nitrogens with one attached hydrogen (secondary N) is 1. The number of rotatable bonds is 6. The molecule has 2 N–H and O–H groups in total. The quantitative estimate of drug-likeness (QED) is 0.612. The van der Waals surface area contributed by atoms with Crippen molar-refractivity contribution in [2.24, 2.45) is 0 Å². The monoisotopic (exact) mass is 268 g/mol. The zero-order chi connectivity index (χ0) is 14.6. The molecule has 1 rings (SSSR count). The molecule has 1 aromatic rings. The van der Waals surface area contributed by atoms with E-state index in [1.54, 1.807) is 45.9 Å². The van der Waals surface area contributed by atoms with Gasteiger partial charge in [0.2, 0.25) is 0 Å². The zero-order valence-corrected chi connectivity index (χ0v) is 11.6. The highest BCUT2D eigenvalue weighted by molar-refractivity contribution is 5.69. The predicted octanol–water partition coefficient (Wildman–Crippen LogP) is 2.56. The van der Waals surface area contributed by atoms with Crippen LogP contribution in [0.1, 0.15) is 27.7 Å². The van der Waals surface area contributed by atoms with Crippen molar-refractivity contribution in [3.63, 3.8) is 0 Å². The van der Waals surface area contributed by atoms with E-state index in [-0.39, 0.29) is 11.4 Å². The van der Waals surface area contributed by atoms with Gasteiger partial charge in [0.1, 0.15) is 5.69 Å². The van der Waals surface area contributed by atoms with Crippen LogP contribution in [0, 0.1) is 10.1 Å². The van der Waals surface area contributed by atoms with Crippen LogP contribution in [0.4, 0.5) is 11.4 Å². The molecule has 0 aromatic heterocycles. The van der Waals surface area contributed by atoms with Crippen molar-refractivity contribution in [3.8, 4) is 5.75 Å². The Labute approximate surface area is 112 Å². The van der Waals surface area contributed by atoms with E-state index in [0.717, 1.165) is 0 Å². The summed E-state index contributed by atoms with van der Waals surface area (Å²) in [5, 5.41) is 23.9. The third-order valence-electron chi connectivity index (χ3n) is 2.98. The molecule has 0 spiro atoms. The number of nitro benzene ring substituents is 1. The van der Waals surface area contributed by atoms with E-state index in [2.05, 4.69) is 5.32 Å². The Balaban J connectivity index is 3.20. The van der Waals surface area contributed by atoms with Gasteiger partial charge in [-0.3, -0.25) is 10.1 Å². The SMILES string of the molecule is CCOc1cccc(NC(C)(C)C(C)O)c1[N+](=O)[O-]. The van der Waals surface area contributed by atoms with Gasteiger partial charge >= 0.3 is 5.69 Å². The van der Waals surface area contributed by atoms with E-state index < -0.39 is 16.6 Å².